The van der Waals surface area contributed by atoms with Gasteiger partial charge in [-0.25, -0.2) is 18.1 Å². The van der Waals surface area contributed by atoms with Crippen LogP contribution >= 0.6 is 11.3 Å². The van der Waals surface area contributed by atoms with Gasteiger partial charge in [-0.1, -0.05) is 11.3 Å². The van der Waals surface area contributed by atoms with Crippen molar-refractivity contribution in [1.82, 2.24) is 34.1 Å². The van der Waals surface area contributed by atoms with Gasteiger partial charge in [0.25, 0.3) is 5.91 Å². The fourth-order valence-corrected chi connectivity index (χ4v) is 7.30. The van der Waals surface area contributed by atoms with Crippen LogP contribution in [0.25, 0.3) is 16.3 Å². The standard InChI is InChI=1S/C26H33F3N8O4S2/c1-24(4-5-24)33-43(39,40)17-14-18(19-15-30-20(37(19)16-17)21-31-32-22(42-21)26(27,28)29)35-8-10-36(11-9-35)23(38)25(6-7-25)41-13-12-34(2)3/h14-16,33H,4-13H2,1-3H3. The van der Waals surface area contributed by atoms with E-state index in [9.17, 15) is 26.4 Å². The van der Waals surface area contributed by atoms with Crippen molar-refractivity contribution in [3.8, 4) is 10.8 Å². The molecule has 1 aliphatic heterocycles. The summed E-state index contributed by atoms with van der Waals surface area (Å²) >= 11 is 0.338. The molecule has 0 aromatic carbocycles. The van der Waals surface area contributed by atoms with Crippen LogP contribution in [0.15, 0.2) is 23.4 Å². The predicted octanol–water partition coefficient (Wildman–Crippen LogP) is 2.46. The number of likely N-dealkylation sites (N-methyl/N-ethyl adjacent to an activating group) is 1. The molecule has 6 rings (SSSR count). The number of imidazole rings is 1. The molecule has 1 saturated heterocycles. The molecule has 3 aromatic rings. The van der Waals surface area contributed by atoms with E-state index in [-0.39, 0.29) is 21.6 Å². The van der Waals surface area contributed by atoms with Crippen LogP contribution in [-0.2, 0) is 25.7 Å². The van der Waals surface area contributed by atoms with Crippen molar-refractivity contribution in [2.75, 3.05) is 58.3 Å². The Morgan fingerprint density at radius 1 is 1.14 bits per heavy atom. The molecule has 2 aliphatic carbocycles. The second-order valence-corrected chi connectivity index (χ2v) is 14.6. The third-order valence-corrected chi connectivity index (χ3v) is 10.6. The topological polar surface area (TPSA) is 125 Å². The van der Waals surface area contributed by atoms with Crippen LogP contribution < -0.4 is 9.62 Å². The first kappa shape index (κ1) is 30.2. The Bertz CT molecular complexity index is 1640. The zero-order valence-electron chi connectivity index (χ0n) is 24.0. The Hall–Kier alpha value is -2.86. The Morgan fingerprint density at radius 2 is 1.84 bits per heavy atom. The first-order chi connectivity index (χ1) is 20.2. The molecule has 3 aromatic heterocycles. The summed E-state index contributed by atoms with van der Waals surface area (Å²) in [6.07, 6.45) is 0.961. The normalized spacial score (nSPS) is 19.8. The van der Waals surface area contributed by atoms with E-state index in [2.05, 4.69) is 19.9 Å². The minimum absolute atomic E-state index is 0.0300. The van der Waals surface area contributed by atoms with Crippen LogP contribution in [0.4, 0.5) is 18.9 Å². The highest BCUT2D eigenvalue weighted by atomic mass is 32.2. The van der Waals surface area contributed by atoms with Crippen molar-refractivity contribution in [2.45, 2.75) is 54.8 Å². The van der Waals surface area contributed by atoms with Gasteiger partial charge < -0.3 is 19.4 Å². The summed E-state index contributed by atoms with van der Waals surface area (Å²) < 4.78 is 76.8. The number of anilines is 1. The highest BCUT2D eigenvalue weighted by Gasteiger charge is 2.53. The summed E-state index contributed by atoms with van der Waals surface area (Å²) in [5.41, 5.74) is -0.257. The Labute approximate surface area is 250 Å². The molecule has 0 spiro atoms. The van der Waals surface area contributed by atoms with Crippen LogP contribution in [0.2, 0.25) is 0 Å². The van der Waals surface area contributed by atoms with Crippen LogP contribution in [0.1, 0.15) is 37.6 Å². The number of hydrogen-bond donors (Lipinski definition) is 1. The predicted molar refractivity (Wildman–Crippen MR) is 152 cm³/mol. The van der Waals surface area contributed by atoms with Crippen LogP contribution in [0.3, 0.4) is 0 Å². The fourth-order valence-electron chi connectivity index (χ4n) is 5.11. The molecule has 43 heavy (non-hydrogen) atoms. The smallest absolute Gasteiger partial charge is 0.366 e. The van der Waals surface area contributed by atoms with Crippen molar-refractivity contribution in [3.63, 3.8) is 0 Å². The van der Waals surface area contributed by atoms with Gasteiger partial charge in [0, 0.05) is 44.5 Å². The van der Waals surface area contributed by atoms with Gasteiger partial charge in [-0.15, -0.1) is 10.2 Å². The molecule has 17 heteroatoms. The second kappa shape index (κ2) is 10.6. The SMILES string of the molecule is CN(C)CCOC1(C(=O)N2CCN(c3cc(S(=O)(=O)NC4(C)CC4)cn4c(-c5nnc(C(F)(F)F)s5)ncc34)CC2)CC1. The van der Waals surface area contributed by atoms with Crippen molar-refractivity contribution >= 4 is 38.5 Å². The number of amides is 1. The fraction of sp³-hybridized carbons (Fsp3) is 0.615. The van der Waals surface area contributed by atoms with Gasteiger partial charge in [0.05, 0.1) is 24.0 Å². The molecular weight excluding hydrogens is 609 g/mol. The van der Waals surface area contributed by atoms with Gasteiger partial charge in [0.2, 0.25) is 15.0 Å². The molecule has 0 atom stereocenters. The van der Waals surface area contributed by atoms with Crippen molar-refractivity contribution < 1.29 is 31.1 Å². The lowest BCUT2D eigenvalue weighted by atomic mass is 10.2. The number of carbonyl (C=O) groups excluding carboxylic acids is 1. The van der Waals surface area contributed by atoms with Crippen LogP contribution in [0.5, 0.6) is 0 Å². The van der Waals surface area contributed by atoms with Gasteiger partial charge in [-0.3, -0.25) is 9.20 Å². The number of ether oxygens (including phenoxy) is 1. The van der Waals surface area contributed by atoms with Crippen LogP contribution in [0, 0.1) is 0 Å². The first-order valence-corrected chi connectivity index (χ1v) is 16.3. The average Bonchev–Trinajstić information content (AvgIpc) is 3.74. The number of nitrogens with one attached hydrogen (secondary N) is 1. The zero-order chi connectivity index (χ0) is 30.8. The summed E-state index contributed by atoms with van der Waals surface area (Å²) in [5.74, 6) is 0.0240. The zero-order valence-corrected chi connectivity index (χ0v) is 25.6. The molecule has 2 saturated carbocycles. The molecule has 0 bridgehead atoms. The van der Waals surface area contributed by atoms with E-state index >= 15 is 0 Å². The van der Waals surface area contributed by atoms with E-state index in [1.807, 2.05) is 30.8 Å². The largest absolute Gasteiger partial charge is 0.445 e. The summed E-state index contributed by atoms with van der Waals surface area (Å²) in [4.78, 5) is 23.4. The average molecular weight is 643 g/mol. The maximum absolute atomic E-state index is 13.5. The second-order valence-electron chi connectivity index (χ2n) is 11.9. The van der Waals surface area contributed by atoms with Gasteiger partial charge in [0.15, 0.2) is 10.8 Å². The summed E-state index contributed by atoms with van der Waals surface area (Å²) in [5, 5.41) is 5.75. The van der Waals surface area contributed by atoms with E-state index in [0.29, 0.717) is 87.6 Å². The first-order valence-electron chi connectivity index (χ1n) is 14.0. The Morgan fingerprint density at radius 3 is 2.42 bits per heavy atom. The van der Waals surface area contributed by atoms with Crippen molar-refractivity contribution in [2.24, 2.45) is 0 Å². The quantitative estimate of drug-likeness (QED) is 0.355. The molecule has 12 nitrogen and oxygen atoms in total. The van der Waals surface area contributed by atoms with E-state index in [1.54, 1.807) is 11.0 Å². The monoisotopic (exact) mass is 642 g/mol. The lowest BCUT2D eigenvalue weighted by Gasteiger charge is -2.38. The third kappa shape index (κ3) is 6.09. The molecular formula is C26H33F3N8O4S2. The third-order valence-electron chi connectivity index (χ3n) is 8.06. The Balaban J connectivity index is 1.29. The van der Waals surface area contributed by atoms with E-state index in [4.69, 9.17) is 4.74 Å². The van der Waals surface area contributed by atoms with Crippen molar-refractivity contribution in [1.29, 1.82) is 0 Å². The molecule has 1 N–H and O–H groups in total. The maximum atomic E-state index is 13.5. The number of nitrogens with zero attached hydrogens (tertiary/aromatic N) is 7. The van der Waals surface area contributed by atoms with Gasteiger partial charge in [0.1, 0.15) is 10.5 Å². The number of alkyl halides is 3. The summed E-state index contributed by atoms with van der Waals surface area (Å²) in [6.45, 7) is 4.65. The number of halogens is 3. The van der Waals surface area contributed by atoms with E-state index in [0.717, 1.165) is 0 Å². The summed E-state index contributed by atoms with van der Waals surface area (Å²) in [6, 6.07) is 1.56. The molecule has 234 valence electrons. The van der Waals surface area contributed by atoms with Gasteiger partial charge in [-0.05, 0) is 52.8 Å². The number of rotatable bonds is 10. The highest BCUT2D eigenvalue weighted by molar-refractivity contribution is 7.89. The number of hydrogen-bond acceptors (Lipinski definition) is 10. The molecule has 1 amide bonds. The summed E-state index contributed by atoms with van der Waals surface area (Å²) in [7, 11) is -0.0858. The minimum Gasteiger partial charge on any atom is -0.366 e. The number of sulfonamides is 1. The maximum Gasteiger partial charge on any atom is 0.445 e. The number of fused-ring (bicyclic) bond motifs is 1. The number of piperazine rings is 1. The number of carbonyl (C=O) groups is 1. The van der Waals surface area contributed by atoms with Gasteiger partial charge in [-0.2, -0.15) is 13.2 Å². The van der Waals surface area contributed by atoms with E-state index < -0.39 is 32.3 Å². The Kier molecular flexibility index (Phi) is 7.47. The van der Waals surface area contributed by atoms with Gasteiger partial charge >= 0.3 is 6.18 Å². The number of pyridine rings is 1. The van der Waals surface area contributed by atoms with Crippen LogP contribution in [-0.4, -0.2) is 108 Å². The lowest BCUT2D eigenvalue weighted by molar-refractivity contribution is -0.147. The minimum atomic E-state index is -4.67. The molecule has 0 radical (unpaired) electrons. The molecule has 3 aliphatic rings. The van der Waals surface area contributed by atoms with Crippen molar-refractivity contribution in [3.05, 3.63) is 23.5 Å². The van der Waals surface area contributed by atoms with E-state index in [1.165, 1.54) is 16.8 Å². The highest BCUT2D eigenvalue weighted by Crippen LogP contribution is 2.42. The molecule has 0 unspecified atom stereocenters. The molecule has 4 heterocycles. The lowest BCUT2D eigenvalue weighted by Crippen LogP contribution is -2.53. The molecule has 3 fully saturated rings. The number of aromatic nitrogens is 4.